The van der Waals surface area contributed by atoms with Gasteiger partial charge in [-0.05, 0) is 29.5 Å². The molecule has 1 unspecified atom stereocenters. The van der Waals surface area contributed by atoms with Crippen molar-refractivity contribution >= 4 is 18.3 Å². The summed E-state index contributed by atoms with van der Waals surface area (Å²) in [4.78, 5) is 14.5. The molecule has 1 N–H and O–H groups in total. The maximum atomic E-state index is 12.7. The molecule has 1 aromatic heterocycles. The molecule has 7 nitrogen and oxygen atoms in total. The van der Waals surface area contributed by atoms with Gasteiger partial charge >= 0.3 is 0 Å². The van der Waals surface area contributed by atoms with Crippen LogP contribution < -0.4 is 5.32 Å². The summed E-state index contributed by atoms with van der Waals surface area (Å²) in [6, 6.07) is 7.69. The molecule has 0 radical (unpaired) electrons. The second kappa shape index (κ2) is 6.64. The van der Waals surface area contributed by atoms with Crippen molar-refractivity contribution in [2.45, 2.75) is 13.0 Å². The highest BCUT2D eigenvalue weighted by atomic mass is 35.5. The van der Waals surface area contributed by atoms with E-state index >= 15 is 0 Å². The molecule has 1 aliphatic heterocycles. The number of hydrogen-bond donors (Lipinski definition) is 1. The van der Waals surface area contributed by atoms with Gasteiger partial charge < -0.3 is 10.2 Å². The summed E-state index contributed by atoms with van der Waals surface area (Å²) in [5, 5.41) is 14.4. The van der Waals surface area contributed by atoms with Crippen LogP contribution in [0.1, 0.15) is 17.3 Å². The Morgan fingerprint density at radius 2 is 2.19 bits per heavy atom. The van der Waals surface area contributed by atoms with Gasteiger partial charge in [0.15, 0.2) is 0 Å². The highest BCUT2D eigenvalue weighted by Gasteiger charge is 2.23. The van der Waals surface area contributed by atoms with Gasteiger partial charge in [-0.3, -0.25) is 4.79 Å². The summed E-state index contributed by atoms with van der Waals surface area (Å²) in [5.41, 5.74) is 1.32. The van der Waals surface area contributed by atoms with E-state index in [0.717, 1.165) is 6.54 Å². The number of halogens is 1. The lowest BCUT2D eigenvalue weighted by molar-refractivity contribution is 0.0709. The second-order valence-electron chi connectivity index (χ2n) is 4.88. The second-order valence-corrected chi connectivity index (χ2v) is 4.88. The monoisotopic (exact) mass is 308 g/mol. The van der Waals surface area contributed by atoms with E-state index in [2.05, 4.69) is 27.8 Å². The summed E-state index contributed by atoms with van der Waals surface area (Å²) in [5.74, 6) is 0.0180. The third kappa shape index (κ3) is 3.20. The number of piperazine rings is 1. The van der Waals surface area contributed by atoms with E-state index in [0.29, 0.717) is 30.4 Å². The number of amides is 1. The van der Waals surface area contributed by atoms with E-state index in [1.165, 1.54) is 11.0 Å². The molecule has 1 fully saturated rings. The van der Waals surface area contributed by atoms with Gasteiger partial charge in [0.1, 0.15) is 6.33 Å². The van der Waals surface area contributed by atoms with Crippen molar-refractivity contribution in [3.05, 3.63) is 36.2 Å². The quantitative estimate of drug-likeness (QED) is 0.875. The third-order valence-electron chi connectivity index (χ3n) is 3.39. The fourth-order valence-electron chi connectivity index (χ4n) is 2.41. The highest BCUT2D eigenvalue weighted by molar-refractivity contribution is 5.97. The maximum absolute atomic E-state index is 12.7. The van der Waals surface area contributed by atoms with Gasteiger partial charge in [-0.1, -0.05) is 12.1 Å². The van der Waals surface area contributed by atoms with E-state index in [-0.39, 0.29) is 18.3 Å². The Balaban J connectivity index is 0.00000161. The minimum absolute atomic E-state index is 0. The smallest absolute Gasteiger partial charge is 0.256 e. The van der Waals surface area contributed by atoms with E-state index in [9.17, 15) is 4.79 Å². The molecule has 3 rings (SSSR count). The van der Waals surface area contributed by atoms with Crippen molar-refractivity contribution in [1.82, 2.24) is 30.4 Å². The van der Waals surface area contributed by atoms with Crippen molar-refractivity contribution < 1.29 is 4.79 Å². The van der Waals surface area contributed by atoms with Crippen LogP contribution in [0.5, 0.6) is 0 Å². The van der Waals surface area contributed by atoms with Crippen LogP contribution in [0.25, 0.3) is 5.69 Å². The maximum Gasteiger partial charge on any atom is 0.256 e. The molecular weight excluding hydrogens is 292 g/mol. The fourth-order valence-corrected chi connectivity index (χ4v) is 2.41. The molecule has 0 saturated carbocycles. The molecule has 1 aliphatic rings. The predicted octanol–water partition coefficient (Wildman–Crippen LogP) is 0.518. The first-order chi connectivity index (χ1) is 9.75. The van der Waals surface area contributed by atoms with Crippen LogP contribution in [0, 0.1) is 0 Å². The standard InChI is InChI=1S/C13H16N6O.ClH/c1-10-8-18(7-6-14-10)13(20)11-4-2-3-5-12(11)19-9-15-16-17-19;/h2-5,9-10,14H,6-8H2,1H3;1H. The number of rotatable bonds is 2. The lowest BCUT2D eigenvalue weighted by atomic mass is 10.1. The first-order valence-corrected chi connectivity index (χ1v) is 6.61. The van der Waals surface area contributed by atoms with Crippen molar-refractivity contribution in [1.29, 1.82) is 0 Å². The zero-order chi connectivity index (χ0) is 13.9. The molecule has 0 bridgehead atoms. The van der Waals surface area contributed by atoms with Crippen molar-refractivity contribution in [3.8, 4) is 5.69 Å². The Hall–Kier alpha value is -1.99. The summed E-state index contributed by atoms with van der Waals surface area (Å²) < 4.78 is 1.51. The Morgan fingerprint density at radius 1 is 1.38 bits per heavy atom. The van der Waals surface area contributed by atoms with Crippen LogP contribution in [0.4, 0.5) is 0 Å². The first-order valence-electron chi connectivity index (χ1n) is 6.61. The van der Waals surface area contributed by atoms with Gasteiger partial charge in [0, 0.05) is 25.7 Å². The average molecular weight is 309 g/mol. The number of nitrogens with one attached hydrogen (secondary N) is 1. The largest absolute Gasteiger partial charge is 0.336 e. The Bertz CT molecular complexity index is 602. The normalized spacial score (nSPS) is 18.1. The molecular formula is C13H17ClN6O. The fraction of sp³-hybridized carbons (Fsp3) is 0.385. The number of carbonyl (C=O) groups excluding carboxylic acids is 1. The zero-order valence-corrected chi connectivity index (χ0v) is 12.5. The van der Waals surface area contributed by atoms with Crippen molar-refractivity contribution in [2.75, 3.05) is 19.6 Å². The summed E-state index contributed by atoms with van der Waals surface area (Å²) >= 11 is 0. The molecule has 112 valence electrons. The minimum atomic E-state index is 0. The van der Waals surface area contributed by atoms with E-state index in [4.69, 9.17) is 0 Å². The van der Waals surface area contributed by atoms with Gasteiger partial charge in [0.2, 0.25) is 0 Å². The van der Waals surface area contributed by atoms with E-state index in [1.54, 1.807) is 0 Å². The number of benzene rings is 1. The molecule has 0 aliphatic carbocycles. The van der Waals surface area contributed by atoms with Crippen molar-refractivity contribution in [2.24, 2.45) is 0 Å². The summed E-state index contributed by atoms with van der Waals surface area (Å²) in [7, 11) is 0. The topological polar surface area (TPSA) is 75.9 Å². The van der Waals surface area contributed by atoms with Gasteiger partial charge in [0.05, 0.1) is 11.3 Å². The highest BCUT2D eigenvalue weighted by Crippen LogP contribution is 2.16. The molecule has 1 atom stereocenters. The number of tetrazole rings is 1. The van der Waals surface area contributed by atoms with Gasteiger partial charge in [-0.2, -0.15) is 4.68 Å². The van der Waals surface area contributed by atoms with Crippen LogP contribution in [-0.2, 0) is 0 Å². The van der Waals surface area contributed by atoms with Crippen LogP contribution in [-0.4, -0.2) is 56.7 Å². The lowest BCUT2D eigenvalue weighted by Crippen LogP contribution is -2.51. The third-order valence-corrected chi connectivity index (χ3v) is 3.39. The zero-order valence-electron chi connectivity index (χ0n) is 11.6. The average Bonchev–Trinajstić information content (AvgIpc) is 3.00. The number of nitrogens with zero attached hydrogens (tertiary/aromatic N) is 5. The van der Waals surface area contributed by atoms with Crippen molar-refractivity contribution in [3.63, 3.8) is 0 Å². The number of aromatic nitrogens is 4. The van der Waals surface area contributed by atoms with Crippen LogP contribution in [0.2, 0.25) is 0 Å². The molecule has 8 heteroatoms. The molecule has 2 heterocycles. The number of hydrogen-bond acceptors (Lipinski definition) is 5. The first kappa shape index (κ1) is 15.4. The Morgan fingerprint density at radius 3 is 2.90 bits per heavy atom. The molecule has 21 heavy (non-hydrogen) atoms. The Kier molecular flexibility index (Phi) is 4.87. The van der Waals surface area contributed by atoms with Crippen LogP contribution in [0.3, 0.4) is 0 Å². The predicted molar refractivity (Wildman–Crippen MR) is 79.8 cm³/mol. The minimum Gasteiger partial charge on any atom is -0.336 e. The molecule has 0 spiro atoms. The summed E-state index contributed by atoms with van der Waals surface area (Å²) in [6.07, 6.45) is 1.49. The van der Waals surface area contributed by atoms with E-state index in [1.807, 2.05) is 29.2 Å². The summed E-state index contributed by atoms with van der Waals surface area (Å²) in [6.45, 7) is 4.32. The van der Waals surface area contributed by atoms with Gasteiger partial charge in [0.25, 0.3) is 5.91 Å². The molecule has 1 aromatic carbocycles. The molecule has 2 aromatic rings. The lowest BCUT2D eigenvalue weighted by Gasteiger charge is -2.32. The Labute approximate surface area is 128 Å². The molecule has 1 saturated heterocycles. The number of carbonyl (C=O) groups is 1. The van der Waals surface area contributed by atoms with E-state index < -0.39 is 0 Å². The van der Waals surface area contributed by atoms with Gasteiger partial charge in [-0.15, -0.1) is 17.5 Å². The number of para-hydroxylation sites is 1. The van der Waals surface area contributed by atoms with Gasteiger partial charge in [-0.25, -0.2) is 0 Å². The molecule has 1 amide bonds. The van der Waals surface area contributed by atoms with Crippen LogP contribution >= 0.6 is 12.4 Å². The van der Waals surface area contributed by atoms with Crippen LogP contribution in [0.15, 0.2) is 30.6 Å². The SMILES string of the molecule is CC1CN(C(=O)c2ccccc2-n2cnnn2)CCN1.Cl.